The Morgan fingerprint density at radius 1 is 1.26 bits per heavy atom. The number of para-hydroxylation sites is 1. The molecule has 0 amide bonds. The lowest BCUT2D eigenvalue weighted by Crippen LogP contribution is -2.14. The number of pyridine rings is 1. The summed E-state index contributed by atoms with van der Waals surface area (Å²) in [5.74, 6) is -1.92. The van der Waals surface area contributed by atoms with Crippen molar-refractivity contribution in [3.63, 3.8) is 0 Å². The molecule has 23 heavy (non-hydrogen) atoms. The Morgan fingerprint density at radius 3 is 2.70 bits per heavy atom. The Hall–Kier alpha value is -3.22. The van der Waals surface area contributed by atoms with E-state index in [2.05, 4.69) is 9.72 Å². The topological polar surface area (TPSA) is 107 Å². The van der Waals surface area contributed by atoms with Gasteiger partial charge in [0.1, 0.15) is 5.58 Å². The molecule has 2 aromatic heterocycles. The van der Waals surface area contributed by atoms with Crippen LogP contribution in [0.4, 0.5) is 0 Å². The number of methoxy groups -OCH3 is 1. The van der Waals surface area contributed by atoms with E-state index in [9.17, 15) is 14.4 Å². The smallest absolute Gasteiger partial charge is 0.339 e. The number of aliphatic carboxylic acids is 1. The van der Waals surface area contributed by atoms with Gasteiger partial charge in [0, 0.05) is 0 Å². The van der Waals surface area contributed by atoms with Crippen molar-refractivity contribution >= 4 is 34.0 Å². The van der Waals surface area contributed by atoms with E-state index in [0.29, 0.717) is 11.0 Å². The predicted molar refractivity (Wildman–Crippen MR) is 80.5 cm³/mol. The van der Waals surface area contributed by atoms with Crippen molar-refractivity contribution in [1.29, 1.82) is 0 Å². The maximum atomic E-state index is 12.5. The van der Waals surface area contributed by atoms with E-state index < -0.39 is 18.4 Å². The first-order chi connectivity index (χ1) is 11.0. The van der Waals surface area contributed by atoms with E-state index in [-0.39, 0.29) is 27.8 Å². The number of hydrogen-bond acceptors (Lipinski definition) is 6. The number of ether oxygens (including phenoxy) is 1. The Labute approximate surface area is 129 Å². The number of benzene rings is 1. The highest BCUT2D eigenvalue weighted by Crippen LogP contribution is 2.20. The van der Waals surface area contributed by atoms with Crippen molar-refractivity contribution in [2.75, 3.05) is 7.11 Å². The molecule has 0 fully saturated rings. The zero-order chi connectivity index (χ0) is 16.6. The molecule has 3 aromatic rings. The third-order valence-electron chi connectivity index (χ3n) is 3.37. The minimum absolute atomic E-state index is 0.0161. The van der Waals surface area contributed by atoms with Gasteiger partial charge < -0.3 is 14.3 Å². The van der Waals surface area contributed by atoms with Crippen molar-refractivity contribution in [2.24, 2.45) is 0 Å². The predicted octanol–water partition coefficient (Wildman–Crippen LogP) is 1.75. The number of esters is 1. The van der Waals surface area contributed by atoms with Crippen molar-refractivity contribution in [3.8, 4) is 0 Å². The van der Waals surface area contributed by atoms with Gasteiger partial charge in [-0.25, -0.2) is 9.78 Å². The van der Waals surface area contributed by atoms with Crippen LogP contribution >= 0.6 is 0 Å². The minimum atomic E-state index is -1.16. The molecular weight excluding hydrogens is 302 g/mol. The van der Waals surface area contributed by atoms with Gasteiger partial charge in [0.15, 0.2) is 0 Å². The van der Waals surface area contributed by atoms with Crippen molar-refractivity contribution in [1.82, 2.24) is 4.98 Å². The van der Waals surface area contributed by atoms with E-state index in [0.717, 1.165) is 0 Å². The fourth-order valence-corrected chi connectivity index (χ4v) is 2.33. The first kappa shape index (κ1) is 14.7. The number of rotatable bonds is 3. The highest BCUT2D eigenvalue weighted by atomic mass is 16.5. The Bertz CT molecular complexity index is 1000. The molecule has 1 N–H and O–H groups in total. The number of carboxylic acids is 1. The minimum Gasteiger partial charge on any atom is -0.481 e. The van der Waals surface area contributed by atoms with Crippen LogP contribution in [-0.4, -0.2) is 29.1 Å². The molecule has 0 saturated carbocycles. The summed E-state index contributed by atoms with van der Waals surface area (Å²) in [6, 6.07) is 7.88. The molecule has 0 aliphatic heterocycles. The van der Waals surface area contributed by atoms with Gasteiger partial charge in [0.2, 0.25) is 11.1 Å². The first-order valence-corrected chi connectivity index (χ1v) is 6.67. The molecule has 0 unspecified atom stereocenters. The van der Waals surface area contributed by atoms with Crippen LogP contribution in [0.3, 0.4) is 0 Å². The molecule has 116 valence electrons. The van der Waals surface area contributed by atoms with Crippen molar-refractivity contribution < 1.29 is 23.8 Å². The highest BCUT2D eigenvalue weighted by molar-refractivity contribution is 5.97. The maximum Gasteiger partial charge on any atom is 0.339 e. The number of aromatic nitrogens is 1. The van der Waals surface area contributed by atoms with Crippen LogP contribution in [0, 0.1) is 0 Å². The molecule has 7 nitrogen and oxygen atoms in total. The van der Waals surface area contributed by atoms with Gasteiger partial charge >= 0.3 is 11.9 Å². The lowest BCUT2D eigenvalue weighted by Gasteiger charge is -2.07. The molecule has 7 heteroatoms. The van der Waals surface area contributed by atoms with E-state index >= 15 is 0 Å². The zero-order valence-corrected chi connectivity index (χ0v) is 12.0. The summed E-state index contributed by atoms with van der Waals surface area (Å²) in [5.41, 5.74) is -0.108. The zero-order valence-electron chi connectivity index (χ0n) is 12.0. The number of nitrogens with zero attached hydrogens (tertiary/aromatic N) is 1. The molecular formula is C16H11NO6. The van der Waals surface area contributed by atoms with Gasteiger partial charge in [0.25, 0.3) is 0 Å². The van der Waals surface area contributed by atoms with E-state index in [1.165, 1.54) is 13.2 Å². The molecule has 0 spiro atoms. The fraction of sp³-hybridized carbons (Fsp3) is 0.125. The third-order valence-corrected chi connectivity index (χ3v) is 3.37. The summed E-state index contributed by atoms with van der Waals surface area (Å²) in [6.07, 6.45) is -0.489. The molecule has 2 heterocycles. The van der Waals surface area contributed by atoms with Gasteiger partial charge in [-0.3, -0.25) is 9.59 Å². The van der Waals surface area contributed by atoms with Crippen LogP contribution in [0.15, 0.2) is 39.5 Å². The van der Waals surface area contributed by atoms with Crippen LogP contribution in [-0.2, 0) is 16.0 Å². The average molecular weight is 313 g/mol. The lowest BCUT2D eigenvalue weighted by atomic mass is 10.1. The van der Waals surface area contributed by atoms with Gasteiger partial charge in [-0.2, -0.15) is 0 Å². The largest absolute Gasteiger partial charge is 0.481 e. The SMILES string of the molecule is COC(=O)c1cc2c(=O)c3ccccc3oc2nc1CC(=O)O. The quantitative estimate of drug-likeness (QED) is 0.580. The molecule has 0 aliphatic carbocycles. The summed E-state index contributed by atoms with van der Waals surface area (Å²) in [5, 5.41) is 9.41. The number of carbonyl (C=O) groups is 2. The lowest BCUT2D eigenvalue weighted by molar-refractivity contribution is -0.136. The average Bonchev–Trinajstić information content (AvgIpc) is 2.53. The van der Waals surface area contributed by atoms with E-state index in [1.54, 1.807) is 24.3 Å². The normalized spacial score (nSPS) is 10.8. The Morgan fingerprint density at radius 2 is 2.00 bits per heavy atom. The van der Waals surface area contributed by atoms with Crippen LogP contribution in [0.5, 0.6) is 0 Å². The third kappa shape index (κ3) is 2.52. The van der Waals surface area contributed by atoms with Crippen molar-refractivity contribution in [3.05, 3.63) is 51.8 Å². The molecule has 1 aromatic carbocycles. The molecule has 0 bridgehead atoms. The number of fused-ring (bicyclic) bond motifs is 2. The fourth-order valence-electron chi connectivity index (χ4n) is 2.33. The second-order valence-electron chi connectivity index (χ2n) is 4.82. The van der Waals surface area contributed by atoms with Crippen molar-refractivity contribution in [2.45, 2.75) is 6.42 Å². The Balaban J connectivity index is 2.39. The van der Waals surface area contributed by atoms with Crippen LogP contribution < -0.4 is 5.43 Å². The summed E-state index contributed by atoms with van der Waals surface area (Å²) < 4.78 is 10.2. The molecule has 3 rings (SSSR count). The second-order valence-corrected chi connectivity index (χ2v) is 4.82. The molecule has 0 saturated heterocycles. The standard InChI is InChI=1S/C16H11NO6/c1-22-16(21)9-6-10-14(20)8-4-2-3-5-12(8)23-15(10)17-11(9)7-13(18)19/h2-6H,7H2,1H3,(H,18,19). The summed E-state index contributed by atoms with van der Waals surface area (Å²) in [7, 11) is 1.17. The monoisotopic (exact) mass is 313 g/mol. The van der Waals surface area contributed by atoms with Gasteiger partial charge in [-0.05, 0) is 18.2 Å². The number of hydrogen-bond donors (Lipinski definition) is 1. The summed E-state index contributed by atoms with van der Waals surface area (Å²) in [6.45, 7) is 0. The van der Waals surface area contributed by atoms with Gasteiger partial charge in [0.05, 0.1) is 35.6 Å². The highest BCUT2D eigenvalue weighted by Gasteiger charge is 2.20. The Kier molecular flexibility index (Phi) is 3.53. The summed E-state index contributed by atoms with van der Waals surface area (Å²) >= 11 is 0. The van der Waals surface area contributed by atoms with Crippen LogP contribution in [0.2, 0.25) is 0 Å². The van der Waals surface area contributed by atoms with Gasteiger partial charge in [-0.1, -0.05) is 12.1 Å². The van der Waals surface area contributed by atoms with E-state index in [1.807, 2.05) is 0 Å². The molecule has 0 aliphatic rings. The molecule has 0 atom stereocenters. The second kappa shape index (κ2) is 5.53. The maximum absolute atomic E-state index is 12.5. The van der Waals surface area contributed by atoms with Gasteiger partial charge in [-0.15, -0.1) is 0 Å². The van der Waals surface area contributed by atoms with Crippen LogP contribution in [0.1, 0.15) is 16.1 Å². The van der Waals surface area contributed by atoms with E-state index in [4.69, 9.17) is 9.52 Å². The van der Waals surface area contributed by atoms with Crippen LogP contribution in [0.25, 0.3) is 22.1 Å². The first-order valence-electron chi connectivity index (χ1n) is 6.67. The number of carbonyl (C=O) groups excluding carboxylic acids is 1. The number of carboxylic acid groups (broad SMARTS) is 1. The molecule has 0 radical (unpaired) electrons. The summed E-state index contributed by atoms with van der Waals surface area (Å²) in [4.78, 5) is 39.4.